The van der Waals surface area contributed by atoms with Gasteiger partial charge < -0.3 is 14.2 Å². The summed E-state index contributed by atoms with van der Waals surface area (Å²) in [5.74, 6) is 0.307. The van der Waals surface area contributed by atoms with Crippen LogP contribution in [-0.4, -0.2) is 46.2 Å². The number of aryl methyl sites for hydroxylation is 1. The number of pyridine rings is 2. The van der Waals surface area contributed by atoms with Gasteiger partial charge in [-0.15, -0.1) is 0 Å². The lowest BCUT2D eigenvalue weighted by Gasteiger charge is -2.50. The summed E-state index contributed by atoms with van der Waals surface area (Å²) in [7, 11) is 1.70. The Hall–Kier alpha value is -2.79. The molecule has 2 aromatic heterocycles. The van der Waals surface area contributed by atoms with Gasteiger partial charge in [0.2, 0.25) is 5.75 Å². The Morgan fingerprint density at radius 2 is 2.00 bits per heavy atom. The van der Waals surface area contributed by atoms with Crippen molar-refractivity contribution in [2.75, 3.05) is 24.6 Å². The van der Waals surface area contributed by atoms with Crippen LogP contribution in [-0.2, 0) is 7.05 Å². The van der Waals surface area contributed by atoms with E-state index in [0.717, 1.165) is 12.1 Å². The van der Waals surface area contributed by atoms with Gasteiger partial charge in [0.15, 0.2) is 0 Å². The second-order valence-corrected chi connectivity index (χ2v) is 9.54. The van der Waals surface area contributed by atoms with E-state index in [2.05, 4.69) is 34.7 Å². The molecule has 1 saturated heterocycles. The molecular formula is C24H23Cl2N5O2. The van der Waals surface area contributed by atoms with E-state index in [0.29, 0.717) is 51.4 Å². The van der Waals surface area contributed by atoms with Crippen molar-refractivity contribution in [3.8, 4) is 11.8 Å². The van der Waals surface area contributed by atoms with Crippen molar-refractivity contribution in [3.05, 3.63) is 62.0 Å². The molecule has 0 spiro atoms. The third kappa shape index (κ3) is 3.54. The van der Waals surface area contributed by atoms with E-state index in [-0.39, 0.29) is 23.7 Å². The molecule has 1 unspecified atom stereocenters. The molecule has 0 N–H and O–H groups in total. The van der Waals surface area contributed by atoms with E-state index in [1.165, 1.54) is 4.57 Å². The fraction of sp³-hybridized carbons (Fsp3) is 0.375. The lowest BCUT2D eigenvalue weighted by Crippen LogP contribution is -2.61. The van der Waals surface area contributed by atoms with Crippen molar-refractivity contribution in [1.82, 2.24) is 14.5 Å². The average Bonchev–Trinajstić information content (AvgIpc) is 2.82. The first-order chi connectivity index (χ1) is 15.8. The van der Waals surface area contributed by atoms with E-state index in [1.807, 2.05) is 18.2 Å². The van der Waals surface area contributed by atoms with E-state index in [9.17, 15) is 10.1 Å². The highest BCUT2D eigenvalue weighted by Gasteiger charge is 2.40. The van der Waals surface area contributed by atoms with Crippen LogP contribution < -0.4 is 15.2 Å². The number of rotatable bonds is 2. The smallest absolute Gasteiger partial charge is 0.295 e. The summed E-state index contributed by atoms with van der Waals surface area (Å²) in [6, 6.07) is 11.6. The van der Waals surface area contributed by atoms with Gasteiger partial charge in [-0.2, -0.15) is 5.26 Å². The second-order valence-electron chi connectivity index (χ2n) is 8.73. The van der Waals surface area contributed by atoms with E-state index >= 15 is 0 Å². The fourth-order valence-corrected chi connectivity index (χ4v) is 5.29. The average molecular weight is 484 g/mol. The second kappa shape index (κ2) is 8.21. The highest BCUT2D eigenvalue weighted by atomic mass is 35.5. The number of aromatic nitrogens is 2. The number of nitriles is 1. The number of anilines is 1. The van der Waals surface area contributed by atoms with Crippen molar-refractivity contribution < 1.29 is 4.74 Å². The minimum atomic E-state index is -0.193. The zero-order valence-electron chi connectivity index (χ0n) is 18.5. The SMILES string of the molecule is CC(c1ccc(Cl)c(Cl)c1)N1C[C@H]2COc3c(c4nc(C#N)ccc4n(C)c3=O)N2C[C@H]1C. The highest BCUT2D eigenvalue weighted by Crippen LogP contribution is 2.40. The number of piperazine rings is 1. The van der Waals surface area contributed by atoms with Crippen LogP contribution in [0.15, 0.2) is 35.1 Å². The Kier molecular flexibility index (Phi) is 5.48. The van der Waals surface area contributed by atoms with Crippen LogP contribution in [0.1, 0.15) is 31.1 Å². The monoisotopic (exact) mass is 483 g/mol. The van der Waals surface area contributed by atoms with Gasteiger partial charge in [0.25, 0.3) is 5.56 Å². The van der Waals surface area contributed by atoms with Crippen molar-refractivity contribution in [3.63, 3.8) is 0 Å². The van der Waals surface area contributed by atoms with Crippen LogP contribution in [0.3, 0.4) is 0 Å². The van der Waals surface area contributed by atoms with E-state index < -0.39 is 0 Å². The first-order valence-electron chi connectivity index (χ1n) is 10.8. The molecule has 4 heterocycles. The molecule has 0 saturated carbocycles. The van der Waals surface area contributed by atoms with Gasteiger partial charge in [-0.05, 0) is 43.7 Å². The molecule has 170 valence electrons. The molecule has 0 amide bonds. The largest absolute Gasteiger partial charge is 0.484 e. The molecule has 33 heavy (non-hydrogen) atoms. The summed E-state index contributed by atoms with van der Waals surface area (Å²) in [4.78, 5) is 22.3. The lowest BCUT2D eigenvalue weighted by atomic mass is 9.99. The minimum absolute atomic E-state index is 0.0433. The maximum atomic E-state index is 13.0. The Morgan fingerprint density at radius 1 is 1.21 bits per heavy atom. The van der Waals surface area contributed by atoms with Crippen LogP contribution in [0.25, 0.3) is 11.0 Å². The number of nitrogens with zero attached hydrogens (tertiary/aromatic N) is 5. The molecule has 1 aromatic carbocycles. The third-order valence-corrected chi connectivity index (χ3v) is 7.55. The van der Waals surface area contributed by atoms with Crippen LogP contribution in [0.2, 0.25) is 10.0 Å². The van der Waals surface area contributed by atoms with E-state index in [4.69, 9.17) is 27.9 Å². The molecule has 3 aromatic rings. The van der Waals surface area contributed by atoms with Gasteiger partial charge in [0.05, 0.1) is 21.6 Å². The summed E-state index contributed by atoms with van der Waals surface area (Å²) in [6.07, 6.45) is 0. The zero-order chi connectivity index (χ0) is 23.4. The van der Waals surface area contributed by atoms with Gasteiger partial charge in [-0.25, -0.2) is 4.98 Å². The summed E-state index contributed by atoms with van der Waals surface area (Å²) >= 11 is 12.4. The van der Waals surface area contributed by atoms with E-state index in [1.54, 1.807) is 19.2 Å². The molecule has 1 fully saturated rings. The first-order valence-corrected chi connectivity index (χ1v) is 11.6. The lowest BCUT2D eigenvalue weighted by molar-refractivity contribution is 0.0917. The molecule has 3 atom stereocenters. The van der Waals surface area contributed by atoms with Crippen LogP contribution in [0.5, 0.6) is 5.75 Å². The molecular weight excluding hydrogens is 461 g/mol. The van der Waals surface area contributed by atoms with Gasteiger partial charge in [0, 0.05) is 32.2 Å². The number of ether oxygens (including phenoxy) is 1. The Bertz CT molecular complexity index is 1370. The Labute approximate surface area is 201 Å². The minimum Gasteiger partial charge on any atom is -0.484 e. The summed E-state index contributed by atoms with van der Waals surface area (Å²) in [6.45, 7) is 6.19. The first kappa shape index (κ1) is 22.0. The predicted molar refractivity (Wildman–Crippen MR) is 129 cm³/mol. The van der Waals surface area contributed by atoms with Crippen molar-refractivity contribution in [1.29, 1.82) is 5.26 Å². The topological polar surface area (TPSA) is 74.4 Å². The summed E-state index contributed by atoms with van der Waals surface area (Å²) < 4.78 is 7.56. The number of halogens is 2. The summed E-state index contributed by atoms with van der Waals surface area (Å²) in [5, 5.41) is 10.5. The molecule has 0 aliphatic carbocycles. The molecule has 9 heteroatoms. The molecule has 7 nitrogen and oxygen atoms in total. The number of hydrogen-bond acceptors (Lipinski definition) is 6. The van der Waals surface area contributed by atoms with Gasteiger partial charge in [0.1, 0.15) is 29.6 Å². The maximum Gasteiger partial charge on any atom is 0.295 e. The summed E-state index contributed by atoms with van der Waals surface area (Å²) in [5.41, 5.74) is 3.21. The normalized spacial score (nSPS) is 21.2. The molecule has 2 aliphatic heterocycles. The Morgan fingerprint density at radius 3 is 2.73 bits per heavy atom. The fourth-order valence-electron chi connectivity index (χ4n) is 4.99. The van der Waals surface area contributed by atoms with Crippen LogP contribution in [0.4, 0.5) is 5.69 Å². The van der Waals surface area contributed by atoms with Crippen molar-refractivity contribution >= 4 is 39.9 Å². The van der Waals surface area contributed by atoms with Gasteiger partial charge in [-0.3, -0.25) is 9.69 Å². The number of benzene rings is 1. The van der Waals surface area contributed by atoms with Crippen molar-refractivity contribution in [2.45, 2.75) is 32.0 Å². The highest BCUT2D eigenvalue weighted by molar-refractivity contribution is 6.42. The quantitative estimate of drug-likeness (QED) is 0.545. The zero-order valence-corrected chi connectivity index (χ0v) is 20.1. The molecule has 0 radical (unpaired) electrons. The molecule has 2 aliphatic rings. The number of fused-ring (bicyclic) bond motifs is 5. The van der Waals surface area contributed by atoms with Gasteiger partial charge >= 0.3 is 0 Å². The predicted octanol–water partition coefficient (Wildman–Crippen LogP) is 4.14. The standard InChI is InChI=1S/C24H23Cl2N5O2/c1-13-10-31-17(11-30(13)14(2)15-4-6-18(25)19(26)8-15)12-33-23-22(31)21-20(29(3)24(23)32)7-5-16(9-27)28-21/h4-8,13-14,17H,10-12H2,1-3H3/t13-,14?,17+/m1/s1. The van der Waals surface area contributed by atoms with Crippen molar-refractivity contribution in [2.24, 2.45) is 7.05 Å². The van der Waals surface area contributed by atoms with Crippen LogP contribution in [0, 0.1) is 11.3 Å². The van der Waals surface area contributed by atoms with Crippen LogP contribution >= 0.6 is 23.2 Å². The Balaban J connectivity index is 1.55. The van der Waals surface area contributed by atoms with Gasteiger partial charge in [-0.1, -0.05) is 29.3 Å². The molecule has 5 rings (SSSR count). The molecule has 0 bridgehead atoms. The number of hydrogen-bond donors (Lipinski definition) is 0. The third-order valence-electron chi connectivity index (χ3n) is 6.81. The maximum absolute atomic E-state index is 13.0.